The molecule has 0 amide bonds. The summed E-state index contributed by atoms with van der Waals surface area (Å²) in [5, 5.41) is 39.5. The van der Waals surface area contributed by atoms with Gasteiger partial charge in [-0.15, -0.1) is 6.42 Å². The first-order valence-electron chi connectivity index (χ1n) is 9.92. The van der Waals surface area contributed by atoms with Gasteiger partial charge in [0.2, 0.25) is 0 Å². The number of hydrogen-bond donors (Lipinski definition) is 4. The molecule has 5 atom stereocenters. The summed E-state index contributed by atoms with van der Waals surface area (Å²) in [6.45, 7) is 2.04. The fraction of sp³-hybridized carbons (Fsp3) is 0.682. The molecule has 0 heterocycles. The second-order valence-electron chi connectivity index (χ2n) is 7.52. The second kappa shape index (κ2) is 12.0. The zero-order valence-corrected chi connectivity index (χ0v) is 16.3. The number of aliphatic carboxylic acids is 1. The molecule has 0 aromatic heterocycles. The SMILES string of the molecule is C#CC(O)(C/C=C/[C@H]1C(O)CC(O)[C@@H]1C/C=C\CCCC(=O)O)CCCC. The molecule has 0 radical (unpaired) electrons. The van der Waals surface area contributed by atoms with Gasteiger partial charge in [0.05, 0.1) is 12.2 Å². The van der Waals surface area contributed by atoms with Gasteiger partial charge in [0.25, 0.3) is 0 Å². The molecule has 0 saturated heterocycles. The van der Waals surface area contributed by atoms with Gasteiger partial charge >= 0.3 is 5.97 Å². The Bertz CT molecular complexity index is 547. The Morgan fingerprint density at radius 1 is 1.22 bits per heavy atom. The first-order valence-corrected chi connectivity index (χ1v) is 9.92. The molecular weight excluding hydrogens is 344 g/mol. The maximum absolute atomic E-state index is 10.5. The molecule has 1 rings (SSSR count). The summed E-state index contributed by atoms with van der Waals surface area (Å²) in [4.78, 5) is 10.5. The van der Waals surface area contributed by atoms with Gasteiger partial charge in [-0.2, -0.15) is 0 Å². The van der Waals surface area contributed by atoms with Crippen molar-refractivity contribution in [1.29, 1.82) is 0 Å². The first-order chi connectivity index (χ1) is 12.8. The molecule has 0 aromatic carbocycles. The van der Waals surface area contributed by atoms with Crippen LogP contribution in [0.15, 0.2) is 24.3 Å². The highest BCUT2D eigenvalue weighted by Crippen LogP contribution is 2.36. The zero-order valence-electron chi connectivity index (χ0n) is 16.3. The van der Waals surface area contributed by atoms with E-state index in [1.54, 1.807) is 0 Å². The van der Waals surface area contributed by atoms with Crippen LogP contribution < -0.4 is 0 Å². The number of aliphatic hydroxyl groups excluding tert-OH is 2. The third kappa shape index (κ3) is 8.30. The van der Waals surface area contributed by atoms with E-state index in [-0.39, 0.29) is 18.3 Å². The van der Waals surface area contributed by atoms with E-state index < -0.39 is 23.8 Å². The fourth-order valence-corrected chi connectivity index (χ4v) is 3.57. The monoisotopic (exact) mass is 378 g/mol. The van der Waals surface area contributed by atoms with Gasteiger partial charge in [0, 0.05) is 25.2 Å². The van der Waals surface area contributed by atoms with Crippen molar-refractivity contribution in [2.75, 3.05) is 0 Å². The normalized spacial score (nSPS) is 27.8. The minimum absolute atomic E-state index is 0.0958. The first kappa shape index (κ1) is 23.4. The highest BCUT2D eigenvalue weighted by atomic mass is 16.4. The molecule has 1 fully saturated rings. The standard InChI is InChI=1S/C22H34O5/c1-3-5-14-22(27,4-2)15-10-12-18-17(19(23)16-20(18)24)11-8-6-7-9-13-21(25)26/h2,6,8,10,12,17-20,23-24,27H,3,5,7,9,11,13-16H2,1H3,(H,25,26)/b8-6-,12-10+/t17-,18-,19?,20?,22?/m1/s1. The lowest BCUT2D eigenvalue weighted by atomic mass is 9.88. The van der Waals surface area contributed by atoms with E-state index in [9.17, 15) is 20.1 Å². The van der Waals surface area contributed by atoms with E-state index in [2.05, 4.69) is 5.92 Å². The van der Waals surface area contributed by atoms with Crippen LogP contribution in [0, 0.1) is 24.2 Å². The summed E-state index contributed by atoms with van der Waals surface area (Å²) >= 11 is 0. The number of aliphatic hydroxyl groups is 3. The zero-order chi connectivity index (χ0) is 20.3. The Balaban J connectivity index is 2.58. The average molecular weight is 379 g/mol. The molecule has 4 N–H and O–H groups in total. The summed E-state index contributed by atoms with van der Waals surface area (Å²) in [6, 6.07) is 0. The van der Waals surface area contributed by atoms with Crippen LogP contribution in [-0.4, -0.2) is 44.2 Å². The van der Waals surface area contributed by atoms with Crippen molar-refractivity contribution in [2.45, 2.75) is 82.5 Å². The maximum Gasteiger partial charge on any atom is 0.303 e. The number of terminal acetylenes is 1. The lowest BCUT2D eigenvalue weighted by molar-refractivity contribution is -0.137. The van der Waals surface area contributed by atoms with Crippen molar-refractivity contribution in [3.63, 3.8) is 0 Å². The number of carbonyl (C=O) groups is 1. The number of carboxylic acid groups (broad SMARTS) is 1. The maximum atomic E-state index is 10.5. The number of hydrogen-bond acceptors (Lipinski definition) is 4. The van der Waals surface area contributed by atoms with Crippen LogP contribution in [0.2, 0.25) is 0 Å². The van der Waals surface area contributed by atoms with Crippen LogP contribution >= 0.6 is 0 Å². The van der Waals surface area contributed by atoms with Gasteiger partial charge in [-0.3, -0.25) is 4.79 Å². The number of carboxylic acids is 1. The molecule has 1 aliphatic rings. The quantitative estimate of drug-likeness (QED) is 0.238. The van der Waals surface area contributed by atoms with E-state index in [1.807, 2.05) is 31.2 Å². The lowest BCUT2D eigenvalue weighted by Gasteiger charge is -2.22. The van der Waals surface area contributed by atoms with Gasteiger partial charge in [-0.05, 0) is 38.0 Å². The fourth-order valence-electron chi connectivity index (χ4n) is 3.57. The molecule has 0 aromatic rings. The average Bonchev–Trinajstić information content (AvgIpc) is 2.89. The van der Waals surface area contributed by atoms with Gasteiger partial charge in [0.15, 0.2) is 0 Å². The Morgan fingerprint density at radius 3 is 2.59 bits per heavy atom. The minimum atomic E-state index is -1.16. The molecule has 1 aliphatic carbocycles. The summed E-state index contributed by atoms with van der Waals surface area (Å²) in [5.74, 6) is 1.39. The third-order valence-electron chi connectivity index (χ3n) is 5.28. The highest BCUT2D eigenvalue weighted by molar-refractivity contribution is 5.66. The Labute approximate surface area is 162 Å². The van der Waals surface area contributed by atoms with Gasteiger partial charge in [-0.1, -0.05) is 43.6 Å². The third-order valence-corrected chi connectivity index (χ3v) is 5.28. The van der Waals surface area contributed by atoms with E-state index in [4.69, 9.17) is 11.5 Å². The Hall–Kier alpha value is -1.61. The largest absolute Gasteiger partial charge is 0.481 e. The van der Waals surface area contributed by atoms with Crippen LogP contribution in [0.1, 0.15) is 64.7 Å². The van der Waals surface area contributed by atoms with E-state index in [1.165, 1.54) is 0 Å². The predicted molar refractivity (Wildman–Crippen MR) is 106 cm³/mol. The van der Waals surface area contributed by atoms with Crippen LogP contribution in [0.25, 0.3) is 0 Å². The summed E-state index contributed by atoms with van der Waals surface area (Å²) < 4.78 is 0. The molecule has 27 heavy (non-hydrogen) atoms. The van der Waals surface area contributed by atoms with Gasteiger partial charge in [-0.25, -0.2) is 0 Å². The topological polar surface area (TPSA) is 98.0 Å². The molecule has 3 unspecified atom stereocenters. The lowest BCUT2D eigenvalue weighted by Crippen LogP contribution is -2.25. The van der Waals surface area contributed by atoms with Crippen molar-refractivity contribution in [2.24, 2.45) is 11.8 Å². The molecule has 5 heteroatoms. The minimum Gasteiger partial charge on any atom is -0.481 e. The number of rotatable bonds is 12. The number of unbranched alkanes of at least 4 members (excludes halogenated alkanes) is 2. The van der Waals surface area contributed by atoms with Crippen molar-refractivity contribution in [1.82, 2.24) is 0 Å². The molecule has 5 nitrogen and oxygen atoms in total. The number of allylic oxidation sites excluding steroid dienone is 2. The van der Waals surface area contributed by atoms with E-state index >= 15 is 0 Å². The summed E-state index contributed by atoms with van der Waals surface area (Å²) in [7, 11) is 0. The van der Waals surface area contributed by atoms with E-state index in [0.717, 1.165) is 12.8 Å². The molecule has 152 valence electrons. The van der Waals surface area contributed by atoms with Crippen LogP contribution in [0.4, 0.5) is 0 Å². The van der Waals surface area contributed by atoms with Crippen LogP contribution in [-0.2, 0) is 4.79 Å². The van der Waals surface area contributed by atoms with Crippen molar-refractivity contribution < 1.29 is 25.2 Å². The van der Waals surface area contributed by atoms with Crippen molar-refractivity contribution in [3.05, 3.63) is 24.3 Å². The molecule has 1 saturated carbocycles. The molecule has 0 aliphatic heterocycles. The second-order valence-corrected chi connectivity index (χ2v) is 7.52. The summed E-state index contributed by atoms with van der Waals surface area (Å²) in [6.07, 6.45) is 16.9. The predicted octanol–water partition coefficient (Wildman–Crippen LogP) is 3.05. The van der Waals surface area contributed by atoms with Crippen LogP contribution in [0.5, 0.6) is 0 Å². The summed E-state index contributed by atoms with van der Waals surface area (Å²) in [5.41, 5.74) is -1.16. The van der Waals surface area contributed by atoms with Crippen molar-refractivity contribution >= 4 is 5.97 Å². The van der Waals surface area contributed by atoms with Gasteiger partial charge in [0.1, 0.15) is 5.60 Å². The highest BCUT2D eigenvalue weighted by Gasteiger charge is 2.39. The van der Waals surface area contributed by atoms with E-state index in [0.29, 0.717) is 38.5 Å². The molecule has 0 bridgehead atoms. The van der Waals surface area contributed by atoms with Crippen LogP contribution in [0.3, 0.4) is 0 Å². The van der Waals surface area contributed by atoms with Gasteiger partial charge < -0.3 is 20.4 Å². The van der Waals surface area contributed by atoms with Crippen molar-refractivity contribution in [3.8, 4) is 12.3 Å². The molecule has 0 spiro atoms. The molecular formula is C22H34O5. The Kier molecular flexibility index (Phi) is 10.4. The smallest absolute Gasteiger partial charge is 0.303 e. The Morgan fingerprint density at radius 2 is 1.96 bits per heavy atom.